The summed E-state index contributed by atoms with van der Waals surface area (Å²) in [6.07, 6.45) is 7.83. The Balaban J connectivity index is 1.29. The van der Waals surface area contributed by atoms with Crippen LogP contribution in [0.2, 0.25) is 0 Å². The smallest absolute Gasteiger partial charge is 0.226 e. The topological polar surface area (TPSA) is 69.1 Å². The van der Waals surface area contributed by atoms with Crippen LogP contribution in [-0.4, -0.2) is 70.4 Å². The molecule has 1 spiro atoms. The van der Waals surface area contributed by atoms with Gasteiger partial charge in [0.05, 0.1) is 32.7 Å². The zero-order valence-electron chi connectivity index (χ0n) is 17.3. The maximum Gasteiger partial charge on any atom is 0.226 e. The number of aryl methyl sites for hydroxylation is 1. The lowest BCUT2D eigenvalue weighted by atomic mass is 10.1. The number of methoxy groups -OCH3 is 1. The molecule has 0 unspecified atom stereocenters. The van der Waals surface area contributed by atoms with Crippen LogP contribution in [0.5, 0.6) is 11.5 Å². The minimum atomic E-state index is -0.415. The molecule has 3 saturated heterocycles. The number of benzene rings is 1. The van der Waals surface area contributed by atoms with E-state index >= 15 is 0 Å². The van der Waals surface area contributed by atoms with E-state index < -0.39 is 5.72 Å². The fourth-order valence-corrected chi connectivity index (χ4v) is 5.13. The van der Waals surface area contributed by atoms with E-state index in [4.69, 9.17) is 14.2 Å². The van der Waals surface area contributed by atoms with E-state index in [1.165, 1.54) is 0 Å². The van der Waals surface area contributed by atoms with Crippen LogP contribution in [0.15, 0.2) is 36.9 Å². The number of ether oxygens (including phenoxy) is 3. The summed E-state index contributed by atoms with van der Waals surface area (Å²) in [5, 5.41) is 0. The Morgan fingerprint density at radius 2 is 2.27 bits per heavy atom. The first-order valence-electron chi connectivity index (χ1n) is 10.6. The normalized spacial score (nSPS) is 25.6. The number of hydrogen-bond acceptors (Lipinski definition) is 6. The Labute approximate surface area is 176 Å². The first-order chi connectivity index (χ1) is 14.7. The van der Waals surface area contributed by atoms with Crippen molar-refractivity contribution in [1.29, 1.82) is 0 Å². The number of para-hydroxylation sites is 1. The maximum absolute atomic E-state index is 12.5. The van der Waals surface area contributed by atoms with Crippen molar-refractivity contribution >= 4 is 5.91 Å². The van der Waals surface area contributed by atoms with Gasteiger partial charge in [0.15, 0.2) is 17.2 Å². The van der Waals surface area contributed by atoms with Gasteiger partial charge in [0.1, 0.15) is 0 Å². The highest BCUT2D eigenvalue weighted by Crippen LogP contribution is 2.46. The molecule has 2 atom stereocenters. The van der Waals surface area contributed by atoms with Gasteiger partial charge in [-0.3, -0.25) is 9.69 Å². The van der Waals surface area contributed by atoms with Crippen molar-refractivity contribution in [2.75, 3.05) is 33.4 Å². The molecule has 0 saturated carbocycles. The number of amides is 1. The van der Waals surface area contributed by atoms with Crippen LogP contribution in [0.25, 0.3) is 0 Å². The summed E-state index contributed by atoms with van der Waals surface area (Å²) in [6.45, 7) is 4.43. The number of imidazole rings is 1. The summed E-state index contributed by atoms with van der Waals surface area (Å²) < 4.78 is 19.9. The number of likely N-dealkylation sites (tertiary alicyclic amines) is 1. The Morgan fingerprint density at radius 1 is 1.33 bits per heavy atom. The van der Waals surface area contributed by atoms with Crippen LogP contribution < -0.4 is 9.47 Å². The van der Waals surface area contributed by atoms with Crippen molar-refractivity contribution in [1.82, 2.24) is 19.4 Å². The van der Waals surface area contributed by atoms with Crippen LogP contribution in [-0.2, 0) is 22.6 Å². The van der Waals surface area contributed by atoms with E-state index in [1.54, 1.807) is 13.3 Å². The van der Waals surface area contributed by atoms with Gasteiger partial charge in [0, 0.05) is 57.0 Å². The monoisotopic (exact) mass is 412 g/mol. The lowest BCUT2D eigenvalue weighted by Gasteiger charge is -2.32. The highest BCUT2D eigenvalue weighted by Gasteiger charge is 2.61. The molecule has 3 aliphatic heterocycles. The maximum atomic E-state index is 12.5. The van der Waals surface area contributed by atoms with Crippen molar-refractivity contribution in [3.8, 4) is 11.5 Å². The van der Waals surface area contributed by atoms with E-state index in [-0.39, 0.29) is 11.9 Å². The molecule has 0 aliphatic carbocycles. The standard InChI is InChI=1S/C22H28N4O4/c1-28-18-5-2-4-17(21(18)29-12-3-8-24-10-7-23-16-24)15-25-9-6-22-19(25)14-20(27)26(22)11-13-30-22/h2,4-5,7,10,16,19H,3,6,8-9,11-15H2,1H3/t19-,22+/m1/s1. The van der Waals surface area contributed by atoms with Crippen molar-refractivity contribution in [3.63, 3.8) is 0 Å². The fraction of sp³-hybridized carbons (Fsp3) is 0.545. The summed E-state index contributed by atoms with van der Waals surface area (Å²) in [7, 11) is 1.67. The third kappa shape index (κ3) is 3.24. The lowest BCUT2D eigenvalue weighted by molar-refractivity contribution is -0.136. The third-order valence-electron chi connectivity index (χ3n) is 6.53. The summed E-state index contributed by atoms with van der Waals surface area (Å²) in [6, 6.07) is 6.12. The zero-order chi connectivity index (χ0) is 20.6. The van der Waals surface area contributed by atoms with E-state index in [9.17, 15) is 4.79 Å². The molecule has 2 aromatic rings. The molecule has 8 heteroatoms. The van der Waals surface area contributed by atoms with Crippen LogP contribution in [0.3, 0.4) is 0 Å². The van der Waals surface area contributed by atoms with Crippen molar-refractivity contribution in [2.24, 2.45) is 0 Å². The Morgan fingerprint density at radius 3 is 3.10 bits per heavy atom. The molecule has 30 heavy (non-hydrogen) atoms. The Hall–Kier alpha value is -2.58. The molecule has 0 N–H and O–H groups in total. The van der Waals surface area contributed by atoms with Gasteiger partial charge < -0.3 is 23.7 Å². The third-order valence-corrected chi connectivity index (χ3v) is 6.53. The van der Waals surface area contributed by atoms with Gasteiger partial charge in [-0.15, -0.1) is 0 Å². The van der Waals surface area contributed by atoms with Crippen molar-refractivity contribution in [3.05, 3.63) is 42.5 Å². The number of aromatic nitrogens is 2. The molecule has 1 aromatic heterocycles. The van der Waals surface area contributed by atoms with Gasteiger partial charge in [-0.25, -0.2) is 4.98 Å². The highest BCUT2D eigenvalue weighted by molar-refractivity contribution is 5.81. The second-order valence-corrected chi connectivity index (χ2v) is 8.13. The second-order valence-electron chi connectivity index (χ2n) is 8.13. The summed E-state index contributed by atoms with van der Waals surface area (Å²) in [5.41, 5.74) is 0.667. The number of carbonyl (C=O) groups excluding carboxylic acids is 1. The molecule has 8 nitrogen and oxygen atoms in total. The van der Waals surface area contributed by atoms with Gasteiger partial charge in [0.25, 0.3) is 0 Å². The molecule has 3 aliphatic rings. The van der Waals surface area contributed by atoms with E-state index in [2.05, 4.69) is 16.0 Å². The minimum Gasteiger partial charge on any atom is -0.493 e. The summed E-state index contributed by atoms with van der Waals surface area (Å²) in [4.78, 5) is 20.9. The van der Waals surface area contributed by atoms with Crippen molar-refractivity contribution < 1.29 is 19.0 Å². The molecule has 1 aromatic carbocycles. The van der Waals surface area contributed by atoms with Crippen LogP contribution in [0.1, 0.15) is 24.8 Å². The highest BCUT2D eigenvalue weighted by atomic mass is 16.5. The first-order valence-corrected chi connectivity index (χ1v) is 10.6. The molecule has 4 heterocycles. The Kier molecular flexibility index (Phi) is 5.12. The molecule has 3 fully saturated rings. The molecule has 0 radical (unpaired) electrons. The van der Waals surface area contributed by atoms with Gasteiger partial charge in [-0.2, -0.15) is 0 Å². The van der Waals surface area contributed by atoms with E-state index in [1.807, 2.05) is 34.1 Å². The molecular weight excluding hydrogens is 384 g/mol. The SMILES string of the molecule is COc1cccc(CN2CC[C@@]34OCCN3C(=O)C[C@@H]24)c1OCCCn1ccnc1. The van der Waals surface area contributed by atoms with E-state index in [0.717, 1.165) is 43.0 Å². The predicted octanol–water partition coefficient (Wildman–Crippen LogP) is 1.89. The molecule has 0 bridgehead atoms. The average Bonchev–Trinajstić information content (AvgIpc) is 3.52. The number of carbonyl (C=O) groups is 1. The second kappa shape index (κ2) is 7.92. The van der Waals surface area contributed by atoms with Gasteiger partial charge in [0.2, 0.25) is 5.91 Å². The minimum absolute atomic E-state index is 0.104. The summed E-state index contributed by atoms with van der Waals surface area (Å²) >= 11 is 0. The van der Waals surface area contributed by atoms with Crippen molar-refractivity contribution in [2.45, 2.75) is 44.1 Å². The quantitative estimate of drug-likeness (QED) is 0.617. The molecule has 1 amide bonds. The van der Waals surface area contributed by atoms with Gasteiger partial charge in [-0.05, 0) is 12.5 Å². The number of nitrogens with zero attached hydrogens (tertiary/aromatic N) is 4. The van der Waals surface area contributed by atoms with E-state index in [0.29, 0.717) is 32.7 Å². The lowest BCUT2D eigenvalue weighted by Crippen LogP contribution is -2.47. The fourth-order valence-electron chi connectivity index (χ4n) is 5.13. The van der Waals surface area contributed by atoms with Crippen LogP contribution in [0.4, 0.5) is 0 Å². The first kappa shape index (κ1) is 19.4. The number of rotatable bonds is 8. The largest absolute Gasteiger partial charge is 0.493 e. The molecule has 160 valence electrons. The molecule has 5 rings (SSSR count). The van der Waals surface area contributed by atoms with Gasteiger partial charge >= 0.3 is 0 Å². The molecular formula is C22H28N4O4. The van der Waals surface area contributed by atoms with Crippen LogP contribution >= 0.6 is 0 Å². The van der Waals surface area contributed by atoms with Gasteiger partial charge in [-0.1, -0.05) is 12.1 Å². The average molecular weight is 412 g/mol. The number of hydrogen-bond donors (Lipinski definition) is 0. The predicted molar refractivity (Wildman–Crippen MR) is 109 cm³/mol. The zero-order valence-corrected chi connectivity index (χ0v) is 17.3. The Bertz CT molecular complexity index is 903. The summed E-state index contributed by atoms with van der Waals surface area (Å²) in [5.74, 6) is 1.74. The van der Waals surface area contributed by atoms with Crippen LogP contribution in [0, 0.1) is 0 Å².